The first kappa shape index (κ1) is 15.0. The SMILES string of the molecule is Cc1c(Cl)nc(C(C)C)nc1N(C)CC(F)(F)F. The highest BCUT2D eigenvalue weighted by Crippen LogP contribution is 2.27. The summed E-state index contributed by atoms with van der Waals surface area (Å²) in [7, 11) is 1.34. The number of hydrogen-bond acceptors (Lipinski definition) is 3. The lowest BCUT2D eigenvalue weighted by Gasteiger charge is -2.22. The molecule has 1 aromatic heterocycles. The van der Waals surface area contributed by atoms with Gasteiger partial charge >= 0.3 is 6.18 Å². The zero-order valence-corrected chi connectivity index (χ0v) is 11.4. The molecule has 0 spiro atoms. The third-order valence-corrected chi connectivity index (χ3v) is 2.74. The maximum absolute atomic E-state index is 12.4. The van der Waals surface area contributed by atoms with E-state index >= 15 is 0 Å². The van der Waals surface area contributed by atoms with E-state index in [2.05, 4.69) is 9.97 Å². The Labute approximate surface area is 109 Å². The molecule has 7 heteroatoms. The van der Waals surface area contributed by atoms with Crippen LogP contribution in [0, 0.1) is 6.92 Å². The highest BCUT2D eigenvalue weighted by atomic mass is 35.5. The second kappa shape index (κ2) is 5.30. The van der Waals surface area contributed by atoms with Crippen molar-refractivity contribution >= 4 is 17.4 Å². The summed E-state index contributed by atoms with van der Waals surface area (Å²) in [5.74, 6) is 0.659. The van der Waals surface area contributed by atoms with E-state index in [-0.39, 0.29) is 16.9 Å². The maximum Gasteiger partial charge on any atom is 0.405 e. The summed E-state index contributed by atoms with van der Waals surface area (Å²) in [6, 6.07) is 0. The van der Waals surface area contributed by atoms with Gasteiger partial charge in [0.05, 0.1) is 0 Å². The third-order valence-electron chi connectivity index (χ3n) is 2.37. The quantitative estimate of drug-likeness (QED) is 0.793. The van der Waals surface area contributed by atoms with Crippen LogP contribution in [0.15, 0.2) is 0 Å². The highest BCUT2D eigenvalue weighted by Gasteiger charge is 2.30. The molecule has 0 fully saturated rings. The molecule has 0 atom stereocenters. The molecule has 0 aliphatic heterocycles. The average molecular weight is 282 g/mol. The zero-order valence-electron chi connectivity index (χ0n) is 10.6. The minimum absolute atomic E-state index is 0.00105. The number of anilines is 1. The summed E-state index contributed by atoms with van der Waals surface area (Å²) in [4.78, 5) is 9.24. The Kier molecular flexibility index (Phi) is 4.42. The second-order valence-electron chi connectivity index (χ2n) is 4.45. The molecule has 1 rings (SSSR count). The second-order valence-corrected chi connectivity index (χ2v) is 4.81. The summed E-state index contributed by atoms with van der Waals surface area (Å²) in [5, 5.41) is 0.192. The van der Waals surface area contributed by atoms with E-state index in [1.165, 1.54) is 7.05 Å². The number of alkyl halides is 3. The first-order valence-electron chi connectivity index (χ1n) is 5.43. The predicted octanol–water partition coefficient (Wildman–Crippen LogP) is 3.56. The van der Waals surface area contributed by atoms with E-state index in [0.717, 1.165) is 4.90 Å². The number of rotatable bonds is 3. The Bertz CT molecular complexity index is 432. The number of nitrogens with zero attached hydrogens (tertiary/aromatic N) is 3. The summed E-state index contributed by atoms with van der Waals surface area (Å²) < 4.78 is 37.1. The van der Waals surface area contributed by atoms with Gasteiger partial charge in [0.2, 0.25) is 0 Å². The van der Waals surface area contributed by atoms with Crippen molar-refractivity contribution < 1.29 is 13.2 Å². The topological polar surface area (TPSA) is 29.0 Å². The van der Waals surface area contributed by atoms with Crippen LogP contribution >= 0.6 is 11.6 Å². The molecule has 0 amide bonds. The van der Waals surface area contributed by atoms with Gasteiger partial charge in [0.25, 0.3) is 0 Å². The molecule has 0 aliphatic carbocycles. The Morgan fingerprint density at radius 2 is 1.83 bits per heavy atom. The van der Waals surface area contributed by atoms with Crippen LogP contribution in [-0.2, 0) is 0 Å². The lowest BCUT2D eigenvalue weighted by atomic mass is 10.2. The van der Waals surface area contributed by atoms with Crippen molar-refractivity contribution in [1.29, 1.82) is 0 Å². The third kappa shape index (κ3) is 3.73. The van der Waals surface area contributed by atoms with E-state index in [0.29, 0.717) is 11.4 Å². The van der Waals surface area contributed by atoms with E-state index < -0.39 is 12.7 Å². The van der Waals surface area contributed by atoms with Crippen LogP contribution in [0.3, 0.4) is 0 Å². The monoisotopic (exact) mass is 281 g/mol. The Hall–Kier alpha value is -1.04. The van der Waals surface area contributed by atoms with Crippen LogP contribution < -0.4 is 4.90 Å². The van der Waals surface area contributed by atoms with Crippen LogP contribution in [0.25, 0.3) is 0 Å². The Morgan fingerprint density at radius 1 is 1.28 bits per heavy atom. The van der Waals surface area contributed by atoms with Crippen molar-refractivity contribution in [2.75, 3.05) is 18.5 Å². The maximum atomic E-state index is 12.4. The minimum Gasteiger partial charge on any atom is -0.350 e. The molecule has 1 aromatic rings. The minimum atomic E-state index is -4.28. The van der Waals surface area contributed by atoms with Gasteiger partial charge in [0.1, 0.15) is 23.3 Å². The largest absolute Gasteiger partial charge is 0.405 e. The van der Waals surface area contributed by atoms with Crippen molar-refractivity contribution in [3.05, 3.63) is 16.5 Å². The summed E-state index contributed by atoms with van der Waals surface area (Å²) in [5.41, 5.74) is 0.452. The molecule has 0 N–H and O–H groups in total. The lowest BCUT2D eigenvalue weighted by molar-refractivity contribution is -0.119. The van der Waals surface area contributed by atoms with Crippen LogP contribution in [0.5, 0.6) is 0 Å². The van der Waals surface area contributed by atoms with Gasteiger partial charge in [0, 0.05) is 18.5 Å². The number of hydrogen-bond donors (Lipinski definition) is 0. The fourth-order valence-corrected chi connectivity index (χ4v) is 1.64. The fourth-order valence-electron chi connectivity index (χ4n) is 1.47. The molecule has 3 nitrogen and oxygen atoms in total. The molecule has 0 saturated carbocycles. The molecule has 0 bridgehead atoms. The standard InChI is InChI=1S/C11H15ClF3N3/c1-6(2)9-16-8(12)7(3)10(17-9)18(4)5-11(13,14)15/h6H,5H2,1-4H3. The summed E-state index contributed by atoms with van der Waals surface area (Å²) in [6.45, 7) is 4.25. The van der Waals surface area contributed by atoms with E-state index in [1.54, 1.807) is 6.92 Å². The van der Waals surface area contributed by atoms with Crippen LogP contribution in [0.4, 0.5) is 19.0 Å². The van der Waals surface area contributed by atoms with E-state index in [9.17, 15) is 13.2 Å². The van der Waals surface area contributed by atoms with Gasteiger partial charge < -0.3 is 4.90 Å². The van der Waals surface area contributed by atoms with E-state index in [4.69, 9.17) is 11.6 Å². The van der Waals surface area contributed by atoms with Gasteiger partial charge in [-0.1, -0.05) is 25.4 Å². The van der Waals surface area contributed by atoms with Crippen molar-refractivity contribution in [3.8, 4) is 0 Å². The molecule has 18 heavy (non-hydrogen) atoms. The van der Waals surface area contributed by atoms with Crippen LogP contribution in [0.2, 0.25) is 5.15 Å². The molecule has 0 saturated heterocycles. The summed E-state index contributed by atoms with van der Waals surface area (Å²) >= 11 is 5.92. The van der Waals surface area contributed by atoms with Gasteiger partial charge in [-0.05, 0) is 6.92 Å². The molecular weight excluding hydrogens is 267 g/mol. The molecule has 0 aromatic carbocycles. The number of halogens is 4. The molecular formula is C11H15ClF3N3. The average Bonchev–Trinajstić information content (AvgIpc) is 2.18. The van der Waals surface area contributed by atoms with Crippen molar-refractivity contribution in [2.45, 2.75) is 32.9 Å². The molecule has 0 radical (unpaired) electrons. The zero-order chi connectivity index (χ0) is 14.1. The highest BCUT2D eigenvalue weighted by molar-refractivity contribution is 6.30. The van der Waals surface area contributed by atoms with Crippen molar-refractivity contribution in [3.63, 3.8) is 0 Å². The Balaban J connectivity index is 3.14. The van der Waals surface area contributed by atoms with Crippen molar-refractivity contribution in [2.24, 2.45) is 0 Å². The molecule has 102 valence electrons. The molecule has 0 aliphatic rings. The first-order chi connectivity index (χ1) is 8.11. The molecule has 0 unspecified atom stereocenters. The fraction of sp³-hybridized carbons (Fsp3) is 0.636. The predicted molar refractivity (Wildman–Crippen MR) is 65.2 cm³/mol. The normalized spacial score (nSPS) is 12.1. The smallest absolute Gasteiger partial charge is 0.350 e. The first-order valence-corrected chi connectivity index (χ1v) is 5.81. The van der Waals surface area contributed by atoms with Crippen molar-refractivity contribution in [1.82, 2.24) is 9.97 Å². The van der Waals surface area contributed by atoms with Gasteiger partial charge in [-0.25, -0.2) is 9.97 Å². The van der Waals surface area contributed by atoms with Gasteiger partial charge in [-0.2, -0.15) is 13.2 Å². The Morgan fingerprint density at radius 3 is 2.28 bits per heavy atom. The lowest BCUT2D eigenvalue weighted by Crippen LogP contribution is -2.32. The van der Waals surface area contributed by atoms with Gasteiger partial charge in [0.15, 0.2) is 0 Å². The molecule has 1 heterocycles. The number of aromatic nitrogens is 2. The van der Waals surface area contributed by atoms with Gasteiger partial charge in [-0.15, -0.1) is 0 Å². The van der Waals surface area contributed by atoms with Crippen LogP contribution in [0.1, 0.15) is 31.2 Å². The van der Waals surface area contributed by atoms with E-state index in [1.807, 2.05) is 13.8 Å². The summed E-state index contributed by atoms with van der Waals surface area (Å²) in [6.07, 6.45) is -4.28. The van der Waals surface area contributed by atoms with Gasteiger partial charge in [-0.3, -0.25) is 0 Å². The van der Waals surface area contributed by atoms with Crippen LogP contribution in [-0.4, -0.2) is 29.7 Å².